The Morgan fingerprint density at radius 1 is 1.21 bits per heavy atom. The zero-order valence-corrected chi connectivity index (χ0v) is 11.7. The van der Waals surface area contributed by atoms with Gasteiger partial charge in [-0.25, -0.2) is 0 Å². The molecule has 2 rings (SSSR count). The van der Waals surface area contributed by atoms with E-state index in [1.165, 1.54) is 12.8 Å². The zero-order valence-electron chi connectivity index (χ0n) is 11.7. The molecule has 5 heteroatoms. The molecule has 19 heavy (non-hydrogen) atoms. The summed E-state index contributed by atoms with van der Waals surface area (Å²) in [6, 6.07) is 0. The minimum Gasteiger partial charge on any atom is -0.481 e. The van der Waals surface area contributed by atoms with Gasteiger partial charge >= 0.3 is 5.97 Å². The van der Waals surface area contributed by atoms with Gasteiger partial charge in [-0.3, -0.25) is 9.59 Å². The van der Waals surface area contributed by atoms with Crippen LogP contribution in [-0.2, 0) is 9.59 Å². The second-order valence-electron chi connectivity index (χ2n) is 5.80. The first kappa shape index (κ1) is 14.3. The molecule has 0 saturated carbocycles. The number of hydrogen-bond donors (Lipinski definition) is 1. The molecule has 0 radical (unpaired) electrons. The Kier molecular flexibility index (Phi) is 4.45. The van der Waals surface area contributed by atoms with Gasteiger partial charge in [-0.1, -0.05) is 6.92 Å². The summed E-state index contributed by atoms with van der Waals surface area (Å²) in [5.41, 5.74) is -0.705. The third-order valence-corrected chi connectivity index (χ3v) is 4.68. The van der Waals surface area contributed by atoms with Gasteiger partial charge in [0.25, 0.3) is 0 Å². The van der Waals surface area contributed by atoms with Crippen molar-refractivity contribution in [3.63, 3.8) is 0 Å². The normalized spacial score (nSPS) is 27.9. The molecule has 0 aromatic carbocycles. The number of carboxylic acids is 1. The number of carboxylic acid groups (broad SMARTS) is 1. The summed E-state index contributed by atoms with van der Waals surface area (Å²) in [7, 11) is 0. The van der Waals surface area contributed by atoms with Crippen LogP contribution in [-0.4, -0.2) is 59.5 Å². The Balaban J connectivity index is 1.82. The minimum absolute atomic E-state index is 0.114. The molecule has 0 aromatic rings. The summed E-state index contributed by atoms with van der Waals surface area (Å²) in [6.45, 7) is 5.90. The van der Waals surface area contributed by atoms with Crippen molar-refractivity contribution >= 4 is 11.9 Å². The lowest BCUT2D eigenvalue weighted by atomic mass is 9.84. The monoisotopic (exact) mass is 268 g/mol. The first-order valence-corrected chi connectivity index (χ1v) is 7.31. The van der Waals surface area contributed by atoms with Gasteiger partial charge in [0, 0.05) is 26.1 Å². The standard InChI is InChI=1S/C14H24N2O3/c1-2-14(13(18)19)6-10-16(11-14)12(17)5-9-15-7-3-4-8-15/h2-11H2,1H3,(H,18,19). The SMILES string of the molecule is CCC1(C(=O)O)CCN(C(=O)CCN2CCCC2)C1. The number of hydrogen-bond acceptors (Lipinski definition) is 3. The van der Waals surface area contributed by atoms with Crippen LogP contribution in [0.3, 0.4) is 0 Å². The number of nitrogens with zero attached hydrogens (tertiary/aromatic N) is 2. The molecule has 2 heterocycles. The molecular formula is C14H24N2O3. The number of rotatable bonds is 5. The van der Waals surface area contributed by atoms with E-state index in [0.717, 1.165) is 19.6 Å². The van der Waals surface area contributed by atoms with Gasteiger partial charge in [0.15, 0.2) is 0 Å². The number of aliphatic carboxylic acids is 1. The smallest absolute Gasteiger partial charge is 0.311 e. The van der Waals surface area contributed by atoms with Crippen molar-refractivity contribution in [3.05, 3.63) is 0 Å². The Morgan fingerprint density at radius 3 is 2.42 bits per heavy atom. The highest BCUT2D eigenvalue weighted by Gasteiger charge is 2.44. The maximum Gasteiger partial charge on any atom is 0.311 e. The van der Waals surface area contributed by atoms with Crippen molar-refractivity contribution in [1.29, 1.82) is 0 Å². The van der Waals surface area contributed by atoms with Gasteiger partial charge in [-0.05, 0) is 38.8 Å². The average Bonchev–Trinajstić information content (AvgIpc) is 3.05. The summed E-state index contributed by atoms with van der Waals surface area (Å²) in [5, 5.41) is 9.32. The van der Waals surface area contributed by atoms with E-state index in [1.54, 1.807) is 4.90 Å². The number of amides is 1. The predicted molar refractivity (Wildman–Crippen MR) is 71.8 cm³/mol. The first-order chi connectivity index (χ1) is 9.07. The molecule has 5 nitrogen and oxygen atoms in total. The molecule has 2 aliphatic rings. The molecule has 1 N–H and O–H groups in total. The van der Waals surface area contributed by atoms with E-state index in [4.69, 9.17) is 0 Å². The molecule has 0 bridgehead atoms. The van der Waals surface area contributed by atoms with Crippen molar-refractivity contribution < 1.29 is 14.7 Å². The fraction of sp³-hybridized carbons (Fsp3) is 0.857. The number of carbonyl (C=O) groups is 2. The van der Waals surface area contributed by atoms with E-state index in [9.17, 15) is 14.7 Å². The maximum atomic E-state index is 12.1. The van der Waals surface area contributed by atoms with Crippen LogP contribution in [0.15, 0.2) is 0 Å². The molecule has 1 amide bonds. The highest BCUT2D eigenvalue weighted by molar-refractivity contribution is 5.80. The van der Waals surface area contributed by atoms with Crippen LogP contribution in [0.5, 0.6) is 0 Å². The third kappa shape index (κ3) is 3.08. The molecule has 0 spiro atoms. The van der Waals surface area contributed by atoms with Gasteiger partial charge in [0.2, 0.25) is 5.91 Å². The molecule has 2 fully saturated rings. The zero-order chi connectivity index (χ0) is 13.9. The Labute approximate surface area is 114 Å². The van der Waals surface area contributed by atoms with Crippen LogP contribution < -0.4 is 0 Å². The van der Waals surface area contributed by atoms with E-state index in [0.29, 0.717) is 32.4 Å². The number of carbonyl (C=O) groups excluding carboxylic acids is 1. The maximum absolute atomic E-state index is 12.1. The van der Waals surface area contributed by atoms with E-state index in [1.807, 2.05) is 6.92 Å². The van der Waals surface area contributed by atoms with E-state index < -0.39 is 11.4 Å². The molecule has 2 aliphatic heterocycles. The van der Waals surface area contributed by atoms with Crippen molar-refractivity contribution in [2.75, 3.05) is 32.7 Å². The molecule has 0 aromatic heterocycles. The average molecular weight is 268 g/mol. The largest absolute Gasteiger partial charge is 0.481 e. The van der Waals surface area contributed by atoms with Crippen molar-refractivity contribution in [3.8, 4) is 0 Å². The van der Waals surface area contributed by atoms with Gasteiger partial charge in [0.1, 0.15) is 0 Å². The van der Waals surface area contributed by atoms with Crippen molar-refractivity contribution in [2.24, 2.45) is 5.41 Å². The molecule has 108 valence electrons. The van der Waals surface area contributed by atoms with Crippen LogP contribution in [0.25, 0.3) is 0 Å². The molecule has 2 saturated heterocycles. The Bertz CT molecular complexity index is 353. The first-order valence-electron chi connectivity index (χ1n) is 7.31. The predicted octanol–water partition coefficient (Wildman–Crippen LogP) is 1.19. The van der Waals surface area contributed by atoms with Crippen LogP contribution in [0.4, 0.5) is 0 Å². The van der Waals surface area contributed by atoms with Gasteiger partial charge < -0.3 is 14.9 Å². The van der Waals surface area contributed by atoms with Gasteiger partial charge in [0.05, 0.1) is 5.41 Å². The Hall–Kier alpha value is -1.10. The van der Waals surface area contributed by atoms with Crippen LogP contribution in [0.1, 0.15) is 39.0 Å². The topological polar surface area (TPSA) is 60.9 Å². The van der Waals surface area contributed by atoms with Crippen LogP contribution >= 0.6 is 0 Å². The lowest BCUT2D eigenvalue weighted by Crippen LogP contribution is -2.37. The highest BCUT2D eigenvalue weighted by atomic mass is 16.4. The van der Waals surface area contributed by atoms with Crippen molar-refractivity contribution in [1.82, 2.24) is 9.80 Å². The lowest BCUT2D eigenvalue weighted by Gasteiger charge is -2.23. The minimum atomic E-state index is -0.759. The lowest BCUT2D eigenvalue weighted by molar-refractivity contribution is -0.148. The van der Waals surface area contributed by atoms with Crippen LogP contribution in [0, 0.1) is 5.41 Å². The highest BCUT2D eigenvalue weighted by Crippen LogP contribution is 2.34. The Morgan fingerprint density at radius 2 is 1.89 bits per heavy atom. The fourth-order valence-electron chi connectivity index (χ4n) is 3.12. The molecule has 0 aliphatic carbocycles. The second-order valence-corrected chi connectivity index (χ2v) is 5.80. The van der Waals surface area contributed by atoms with E-state index >= 15 is 0 Å². The quantitative estimate of drug-likeness (QED) is 0.813. The summed E-state index contributed by atoms with van der Waals surface area (Å²) >= 11 is 0. The second kappa shape index (κ2) is 5.90. The van der Waals surface area contributed by atoms with Crippen LogP contribution in [0.2, 0.25) is 0 Å². The van der Waals surface area contributed by atoms with E-state index in [2.05, 4.69) is 4.90 Å². The van der Waals surface area contributed by atoms with E-state index in [-0.39, 0.29) is 5.91 Å². The third-order valence-electron chi connectivity index (χ3n) is 4.68. The summed E-state index contributed by atoms with van der Waals surface area (Å²) in [4.78, 5) is 27.5. The molecule has 1 atom stereocenters. The summed E-state index contributed by atoms with van der Waals surface area (Å²) < 4.78 is 0. The summed E-state index contributed by atoms with van der Waals surface area (Å²) in [6.07, 6.45) is 4.18. The molecule has 1 unspecified atom stereocenters. The summed E-state index contributed by atoms with van der Waals surface area (Å²) in [5.74, 6) is -0.645. The van der Waals surface area contributed by atoms with Gasteiger partial charge in [-0.15, -0.1) is 0 Å². The molecular weight excluding hydrogens is 244 g/mol. The number of likely N-dealkylation sites (tertiary alicyclic amines) is 2. The van der Waals surface area contributed by atoms with Gasteiger partial charge in [-0.2, -0.15) is 0 Å². The van der Waals surface area contributed by atoms with Crippen molar-refractivity contribution in [2.45, 2.75) is 39.0 Å². The fourth-order valence-corrected chi connectivity index (χ4v) is 3.12.